The minimum Gasteiger partial charge on any atom is -0.325 e. The summed E-state index contributed by atoms with van der Waals surface area (Å²) >= 11 is 0. The maximum atomic E-state index is 9.62. The van der Waals surface area contributed by atoms with E-state index in [2.05, 4.69) is 18.2 Å². The van der Waals surface area contributed by atoms with E-state index in [1.54, 1.807) is 0 Å². The Morgan fingerprint density at radius 1 is 1.00 bits per heavy atom. The third-order valence-corrected chi connectivity index (χ3v) is 4.30. The van der Waals surface area contributed by atoms with Gasteiger partial charge in [0.15, 0.2) is 0 Å². The lowest BCUT2D eigenvalue weighted by Crippen LogP contribution is -2.11. The van der Waals surface area contributed by atoms with Crippen molar-refractivity contribution in [1.29, 1.82) is 15.8 Å². The molecule has 0 bridgehead atoms. The molecule has 0 aliphatic rings. The Bertz CT molecular complexity index is 830. The zero-order valence-electron chi connectivity index (χ0n) is 14.6. The standard InChI is InChI=1S/C20H21N5/c1-3-15(13-22)18-19(16(4-2)14-23)25(12-8-11-21)20(24-18)17-9-6-5-7-10-17/h5-7,9-10,15-16H,3-4,8,12H2,1-2H3. The van der Waals surface area contributed by atoms with Crippen molar-refractivity contribution in [3.8, 4) is 29.6 Å². The number of hydrogen-bond acceptors (Lipinski definition) is 4. The normalized spacial score (nSPS) is 12.6. The smallest absolute Gasteiger partial charge is 0.140 e. The number of benzene rings is 1. The topological polar surface area (TPSA) is 89.2 Å². The van der Waals surface area contributed by atoms with Crippen molar-refractivity contribution in [2.75, 3.05) is 0 Å². The fourth-order valence-electron chi connectivity index (χ4n) is 2.99. The van der Waals surface area contributed by atoms with E-state index in [9.17, 15) is 10.5 Å². The van der Waals surface area contributed by atoms with Crippen LogP contribution in [-0.4, -0.2) is 9.55 Å². The quantitative estimate of drug-likeness (QED) is 0.747. The van der Waals surface area contributed by atoms with Crippen molar-refractivity contribution in [3.05, 3.63) is 41.7 Å². The molecule has 1 aromatic heterocycles. The minimum atomic E-state index is -0.358. The predicted molar refractivity (Wildman–Crippen MR) is 95.2 cm³/mol. The van der Waals surface area contributed by atoms with Crippen LogP contribution >= 0.6 is 0 Å². The van der Waals surface area contributed by atoms with Gasteiger partial charge < -0.3 is 4.57 Å². The molecule has 2 aromatic rings. The largest absolute Gasteiger partial charge is 0.325 e. The second kappa shape index (κ2) is 8.67. The van der Waals surface area contributed by atoms with Gasteiger partial charge in [0.2, 0.25) is 0 Å². The Morgan fingerprint density at radius 3 is 2.16 bits per heavy atom. The summed E-state index contributed by atoms with van der Waals surface area (Å²) in [4.78, 5) is 4.77. The minimum absolute atomic E-state index is 0.327. The van der Waals surface area contributed by atoms with Crippen molar-refractivity contribution >= 4 is 0 Å². The van der Waals surface area contributed by atoms with Crippen LogP contribution in [0.25, 0.3) is 11.4 Å². The Balaban J connectivity index is 2.76. The van der Waals surface area contributed by atoms with Crippen LogP contribution in [0.3, 0.4) is 0 Å². The molecule has 0 fully saturated rings. The summed E-state index contributed by atoms with van der Waals surface area (Å²) < 4.78 is 1.96. The van der Waals surface area contributed by atoms with E-state index in [1.165, 1.54) is 0 Å². The van der Waals surface area contributed by atoms with Gasteiger partial charge in [-0.25, -0.2) is 4.98 Å². The van der Waals surface area contributed by atoms with Gasteiger partial charge in [0.05, 0.1) is 47.9 Å². The zero-order valence-corrected chi connectivity index (χ0v) is 14.6. The van der Waals surface area contributed by atoms with E-state index in [0.717, 1.165) is 17.1 Å². The highest BCUT2D eigenvalue weighted by atomic mass is 15.1. The van der Waals surface area contributed by atoms with Crippen molar-refractivity contribution in [2.24, 2.45) is 0 Å². The molecular weight excluding hydrogens is 310 g/mol. The molecule has 1 aromatic carbocycles. The summed E-state index contributed by atoms with van der Waals surface area (Å²) in [6, 6.07) is 16.5. The molecule has 0 radical (unpaired) electrons. The van der Waals surface area contributed by atoms with E-state index in [0.29, 0.717) is 31.5 Å². The first-order chi connectivity index (χ1) is 12.2. The first-order valence-electron chi connectivity index (χ1n) is 8.53. The average molecular weight is 331 g/mol. The Hall–Kier alpha value is -3.10. The number of rotatable bonds is 7. The second-order valence-electron chi connectivity index (χ2n) is 5.81. The van der Waals surface area contributed by atoms with Gasteiger partial charge in [-0.05, 0) is 12.8 Å². The van der Waals surface area contributed by atoms with E-state index in [-0.39, 0.29) is 11.8 Å². The molecule has 25 heavy (non-hydrogen) atoms. The predicted octanol–water partition coefficient (Wildman–Crippen LogP) is 4.50. The van der Waals surface area contributed by atoms with Gasteiger partial charge in [0.1, 0.15) is 5.82 Å². The molecule has 5 heteroatoms. The van der Waals surface area contributed by atoms with E-state index < -0.39 is 0 Å². The van der Waals surface area contributed by atoms with Gasteiger partial charge >= 0.3 is 0 Å². The first-order valence-corrected chi connectivity index (χ1v) is 8.53. The lowest BCUT2D eigenvalue weighted by Gasteiger charge is -2.15. The number of hydrogen-bond donors (Lipinski definition) is 0. The number of nitriles is 3. The monoisotopic (exact) mass is 331 g/mol. The molecule has 2 unspecified atom stereocenters. The van der Waals surface area contributed by atoms with Gasteiger partial charge in [-0.1, -0.05) is 44.2 Å². The van der Waals surface area contributed by atoms with Crippen molar-refractivity contribution in [1.82, 2.24) is 9.55 Å². The average Bonchev–Trinajstić information content (AvgIpc) is 3.02. The zero-order chi connectivity index (χ0) is 18.2. The summed E-state index contributed by atoms with van der Waals surface area (Å²) in [6.07, 6.45) is 1.60. The maximum Gasteiger partial charge on any atom is 0.140 e. The van der Waals surface area contributed by atoms with E-state index >= 15 is 0 Å². The van der Waals surface area contributed by atoms with Crippen LogP contribution in [0.1, 0.15) is 56.3 Å². The summed E-state index contributed by atoms with van der Waals surface area (Å²) in [5.41, 5.74) is 2.39. The van der Waals surface area contributed by atoms with Gasteiger partial charge in [0.25, 0.3) is 0 Å². The van der Waals surface area contributed by atoms with Crippen molar-refractivity contribution in [3.63, 3.8) is 0 Å². The number of nitrogens with zero attached hydrogens (tertiary/aromatic N) is 5. The van der Waals surface area contributed by atoms with Gasteiger partial charge in [0, 0.05) is 12.1 Å². The van der Waals surface area contributed by atoms with Crippen LogP contribution in [0.5, 0.6) is 0 Å². The number of aromatic nitrogens is 2. The van der Waals surface area contributed by atoms with Crippen LogP contribution in [-0.2, 0) is 6.54 Å². The third kappa shape index (κ3) is 3.70. The molecule has 1 heterocycles. The Kier molecular flexibility index (Phi) is 6.33. The fourth-order valence-corrected chi connectivity index (χ4v) is 2.99. The van der Waals surface area contributed by atoms with Crippen LogP contribution in [0, 0.1) is 34.0 Å². The number of imidazole rings is 1. The Labute approximate surface area is 148 Å². The molecule has 0 aliphatic carbocycles. The highest BCUT2D eigenvalue weighted by Crippen LogP contribution is 2.34. The molecule has 2 atom stereocenters. The molecule has 0 saturated heterocycles. The van der Waals surface area contributed by atoms with Crippen LogP contribution in [0.4, 0.5) is 0 Å². The summed E-state index contributed by atoms with van der Waals surface area (Å²) in [7, 11) is 0. The molecular formula is C20H21N5. The van der Waals surface area contributed by atoms with Crippen molar-refractivity contribution < 1.29 is 0 Å². The highest BCUT2D eigenvalue weighted by Gasteiger charge is 2.28. The van der Waals surface area contributed by atoms with Crippen LogP contribution < -0.4 is 0 Å². The molecule has 2 rings (SSSR count). The molecule has 5 nitrogen and oxygen atoms in total. The Morgan fingerprint density at radius 2 is 1.64 bits per heavy atom. The van der Waals surface area contributed by atoms with Gasteiger partial charge in [-0.3, -0.25) is 0 Å². The van der Waals surface area contributed by atoms with Crippen molar-refractivity contribution in [2.45, 2.75) is 51.5 Å². The second-order valence-corrected chi connectivity index (χ2v) is 5.81. The van der Waals surface area contributed by atoms with E-state index in [4.69, 9.17) is 10.2 Å². The lowest BCUT2D eigenvalue weighted by molar-refractivity contribution is 0.635. The molecule has 0 aliphatic heterocycles. The SMILES string of the molecule is CCC(C#N)c1nc(-c2ccccc2)n(CCC#N)c1C(C#N)CC. The molecule has 0 amide bonds. The first kappa shape index (κ1) is 18.2. The third-order valence-electron chi connectivity index (χ3n) is 4.30. The summed E-state index contributed by atoms with van der Waals surface area (Å²) in [6.45, 7) is 4.36. The summed E-state index contributed by atoms with van der Waals surface area (Å²) in [5, 5.41) is 28.2. The van der Waals surface area contributed by atoms with Gasteiger partial charge in [-0.15, -0.1) is 0 Å². The molecule has 0 saturated carbocycles. The molecule has 0 N–H and O–H groups in total. The maximum absolute atomic E-state index is 9.62. The van der Waals surface area contributed by atoms with Crippen LogP contribution in [0.2, 0.25) is 0 Å². The van der Waals surface area contributed by atoms with Crippen LogP contribution in [0.15, 0.2) is 30.3 Å². The fraction of sp³-hybridized carbons (Fsp3) is 0.400. The molecule has 0 spiro atoms. The van der Waals surface area contributed by atoms with E-state index in [1.807, 2.05) is 48.7 Å². The molecule has 126 valence electrons. The highest BCUT2D eigenvalue weighted by molar-refractivity contribution is 5.58. The van der Waals surface area contributed by atoms with Gasteiger partial charge in [-0.2, -0.15) is 15.8 Å². The summed E-state index contributed by atoms with van der Waals surface area (Å²) in [5.74, 6) is 0.0208. The lowest BCUT2D eigenvalue weighted by atomic mass is 9.94.